The van der Waals surface area contributed by atoms with Crippen LogP contribution in [0.5, 0.6) is 0 Å². The number of aryl methyl sites for hydroxylation is 1. The molecule has 1 aromatic rings. The van der Waals surface area contributed by atoms with E-state index in [1.54, 1.807) is 24.1 Å². The van der Waals surface area contributed by atoms with Gasteiger partial charge in [0.2, 0.25) is 10.0 Å². The number of carbonyl (C=O) groups is 1. The van der Waals surface area contributed by atoms with Gasteiger partial charge in [-0.3, -0.25) is 4.79 Å². The summed E-state index contributed by atoms with van der Waals surface area (Å²) in [4.78, 5) is 14.1. The van der Waals surface area contributed by atoms with Gasteiger partial charge in [-0.05, 0) is 42.4 Å². The van der Waals surface area contributed by atoms with Crippen molar-refractivity contribution in [2.75, 3.05) is 13.6 Å². The van der Waals surface area contributed by atoms with Crippen LogP contribution in [0.4, 0.5) is 0 Å². The Hall–Kier alpha value is -1.40. The number of sulfonamides is 1. The lowest BCUT2D eigenvalue weighted by molar-refractivity contribution is 0.0787. The fraction of sp³-hybridized carbons (Fsp3) is 0.533. The molecule has 0 saturated heterocycles. The number of carbonyl (C=O) groups excluding carboxylic acids is 1. The van der Waals surface area contributed by atoms with Gasteiger partial charge < -0.3 is 4.90 Å². The third-order valence-electron chi connectivity index (χ3n) is 4.13. The first kappa shape index (κ1) is 16.0. The summed E-state index contributed by atoms with van der Waals surface area (Å²) in [5.41, 5.74) is 1.000. The van der Waals surface area contributed by atoms with Crippen molar-refractivity contribution in [1.82, 2.24) is 4.90 Å². The second kappa shape index (κ2) is 5.77. The molecular weight excluding hydrogens is 288 g/mol. The standard InChI is InChI=1S/C15H22N2O3S/c1-4-11-5-6-12(8-14(11)21(16,19)20)15(18)17(3)9-13-7-10(13)2/h5-6,8,10,13H,4,7,9H2,1-3H3,(H2,16,19,20). The highest BCUT2D eigenvalue weighted by molar-refractivity contribution is 7.89. The third-order valence-corrected chi connectivity index (χ3v) is 5.13. The number of nitrogens with zero attached hydrogens (tertiary/aromatic N) is 1. The largest absolute Gasteiger partial charge is 0.341 e. The number of amides is 1. The molecule has 2 N–H and O–H groups in total. The lowest BCUT2D eigenvalue weighted by atomic mass is 10.1. The fourth-order valence-electron chi connectivity index (χ4n) is 2.55. The minimum Gasteiger partial charge on any atom is -0.341 e. The molecule has 5 nitrogen and oxygen atoms in total. The van der Waals surface area contributed by atoms with Crippen LogP contribution >= 0.6 is 0 Å². The molecule has 2 unspecified atom stereocenters. The molecule has 0 aliphatic heterocycles. The Morgan fingerprint density at radius 1 is 1.43 bits per heavy atom. The molecule has 0 radical (unpaired) electrons. The van der Waals surface area contributed by atoms with Gasteiger partial charge >= 0.3 is 0 Å². The minimum atomic E-state index is -3.82. The molecule has 21 heavy (non-hydrogen) atoms. The monoisotopic (exact) mass is 310 g/mol. The second-order valence-electron chi connectivity index (χ2n) is 5.88. The first-order valence-corrected chi connectivity index (χ1v) is 8.69. The molecule has 1 aliphatic rings. The molecule has 2 rings (SSSR count). The van der Waals surface area contributed by atoms with Gasteiger partial charge in [0.1, 0.15) is 0 Å². The topological polar surface area (TPSA) is 80.5 Å². The summed E-state index contributed by atoms with van der Waals surface area (Å²) in [6.07, 6.45) is 1.70. The third kappa shape index (κ3) is 3.63. The lowest BCUT2D eigenvalue weighted by Gasteiger charge is -2.18. The molecule has 0 heterocycles. The van der Waals surface area contributed by atoms with E-state index in [4.69, 9.17) is 5.14 Å². The quantitative estimate of drug-likeness (QED) is 0.897. The maximum absolute atomic E-state index is 12.4. The molecule has 1 saturated carbocycles. The Morgan fingerprint density at radius 3 is 2.52 bits per heavy atom. The van der Waals surface area contributed by atoms with Crippen LogP contribution in [0.2, 0.25) is 0 Å². The predicted molar refractivity (Wildman–Crippen MR) is 81.4 cm³/mol. The average Bonchev–Trinajstić information content (AvgIpc) is 3.11. The summed E-state index contributed by atoms with van der Waals surface area (Å²) in [5.74, 6) is 1.07. The molecule has 1 fully saturated rings. The van der Waals surface area contributed by atoms with Crippen molar-refractivity contribution in [3.63, 3.8) is 0 Å². The van der Waals surface area contributed by atoms with Crippen LogP contribution in [0.1, 0.15) is 36.2 Å². The Kier molecular flexibility index (Phi) is 4.39. The van der Waals surface area contributed by atoms with Gasteiger partial charge in [-0.1, -0.05) is 19.9 Å². The zero-order valence-electron chi connectivity index (χ0n) is 12.7. The molecule has 1 amide bonds. The number of rotatable bonds is 5. The van der Waals surface area contributed by atoms with Crippen molar-refractivity contribution in [1.29, 1.82) is 0 Å². The van der Waals surface area contributed by atoms with Gasteiger partial charge in [0.05, 0.1) is 4.90 Å². The molecular formula is C15H22N2O3S. The van der Waals surface area contributed by atoms with E-state index < -0.39 is 10.0 Å². The molecule has 116 valence electrons. The van der Waals surface area contributed by atoms with Crippen molar-refractivity contribution in [3.05, 3.63) is 29.3 Å². The maximum Gasteiger partial charge on any atom is 0.253 e. The number of primary sulfonamides is 1. The number of hydrogen-bond donors (Lipinski definition) is 1. The van der Waals surface area contributed by atoms with Crippen LogP contribution in [0.25, 0.3) is 0 Å². The van der Waals surface area contributed by atoms with E-state index in [0.29, 0.717) is 35.9 Å². The molecule has 1 aromatic carbocycles. The first-order valence-electron chi connectivity index (χ1n) is 7.15. The highest BCUT2D eigenvalue weighted by Gasteiger charge is 2.34. The van der Waals surface area contributed by atoms with Crippen molar-refractivity contribution in [3.8, 4) is 0 Å². The summed E-state index contributed by atoms with van der Waals surface area (Å²) in [7, 11) is -2.07. The zero-order chi connectivity index (χ0) is 15.8. The maximum atomic E-state index is 12.4. The molecule has 0 aromatic heterocycles. The van der Waals surface area contributed by atoms with Gasteiger partial charge in [-0.25, -0.2) is 13.6 Å². The van der Waals surface area contributed by atoms with Crippen molar-refractivity contribution < 1.29 is 13.2 Å². The summed E-state index contributed by atoms with van der Waals surface area (Å²) in [5, 5.41) is 5.23. The minimum absolute atomic E-state index is 0.0454. The van der Waals surface area contributed by atoms with Gasteiger partial charge in [0, 0.05) is 19.2 Å². The normalized spacial score (nSPS) is 21.1. The molecule has 0 spiro atoms. The smallest absolute Gasteiger partial charge is 0.253 e. The van der Waals surface area contributed by atoms with Crippen LogP contribution in [-0.4, -0.2) is 32.8 Å². The molecule has 1 aliphatic carbocycles. The van der Waals surface area contributed by atoms with Gasteiger partial charge in [-0.2, -0.15) is 0 Å². The summed E-state index contributed by atoms with van der Waals surface area (Å²) in [6.45, 7) is 4.73. The summed E-state index contributed by atoms with van der Waals surface area (Å²) in [6, 6.07) is 4.73. The Balaban J connectivity index is 2.25. The molecule has 6 heteroatoms. The van der Waals surface area contributed by atoms with Gasteiger partial charge in [0.15, 0.2) is 0 Å². The van der Waals surface area contributed by atoms with Gasteiger partial charge in [0.25, 0.3) is 5.91 Å². The van der Waals surface area contributed by atoms with Crippen LogP contribution in [0.3, 0.4) is 0 Å². The average molecular weight is 310 g/mol. The van der Waals surface area contributed by atoms with E-state index in [2.05, 4.69) is 6.92 Å². The highest BCUT2D eigenvalue weighted by Crippen LogP contribution is 2.38. The second-order valence-corrected chi connectivity index (χ2v) is 7.41. The number of hydrogen-bond acceptors (Lipinski definition) is 3. The van der Waals surface area contributed by atoms with Crippen molar-refractivity contribution in [2.24, 2.45) is 17.0 Å². The first-order chi connectivity index (χ1) is 9.74. The van der Waals surface area contributed by atoms with Crippen LogP contribution in [0, 0.1) is 11.8 Å². The number of benzene rings is 1. The van der Waals surface area contributed by atoms with E-state index in [1.165, 1.54) is 6.07 Å². The summed E-state index contributed by atoms with van der Waals surface area (Å²) >= 11 is 0. The Labute approximate surface area is 126 Å². The fourth-order valence-corrected chi connectivity index (χ4v) is 3.42. The lowest BCUT2D eigenvalue weighted by Crippen LogP contribution is -2.29. The van der Waals surface area contributed by atoms with Crippen LogP contribution in [-0.2, 0) is 16.4 Å². The van der Waals surface area contributed by atoms with E-state index in [-0.39, 0.29) is 10.8 Å². The molecule has 2 atom stereocenters. The van der Waals surface area contributed by atoms with Crippen molar-refractivity contribution >= 4 is 15.9 Å². The van der Waals surface area contributed by atoms with E-state index in [9.17, 15) is 13.2 Å². The van der Waals surface area contributed by atoms with Crippen LogP contribution < -0.4 is 5.14 Å². The zero-order valence-corrected chi connectivity index (χ0v) is 13.5. The SMILES string of the molecule is CCc1ccc(C(=O)N(C)CC2CC2C)cc1S(N)(=O)=O. The van der Waals surface area contributed by atoms with Crippen LogP contribution in [0.15, 0.2) is 23.1 Å². The molecule has 0 bridgehead atoms. The summed E-state index contributed by atoms with van der Waals surface area (Å²) < 4.78 is 23.3. The predicted octanol–water partition coefficient (Wildman–Crippen LogP) is 1.62. The van der Waals surface area contributed by atoms with E-state index in [0.717, 1.165) is 6.42 Å². The van der Waals surface area contributed by atoms with Gasteiger partial charge in [-0.15, -0.1) is 0 Å². The highest BCUT2D eigenvalue weighted by atomic mass is 32.2. The van der Waals surface area contributed by atoms with Crippen molar-refractivity contribution in [2.45, 2.75) is 31.6 Å². The van der Waals surface area contributed by atoms with E-state index >= 15 is 0 Å². The van der Waals surface area contributed by atoms with E-state index in [1.807, 2.05) is 6.92 Å². The Bertz CT molecular complexity index is 655. The Morgan fingerprint density at radius 2 is 2.05 bits per heavy atom. The number of nitrogens with two attached hydrogens (primary N) is 1.